The van der Waals surface area contributed by atoms with Crippen molar-refractivity contribution in [1.29, 1.82) is 0 Å². The van der Waals surface area contributed by atoms with Crippen LogP contribution in [0.1, 0.15) is 5.56 Å². The van der Waals surface area contributed by atoms with Crippen LogP contribution in [0.15, 0.2) is 63.9 Å². The van der Waals surface area contributed by atoms with Gasteiger partial charge in [0.15, 0.2) is 5.16 Å². The Hall–Kier alpha value is -2.53. The van der Waals surface area contributed by atoms with Crippen molar-refractivity contribution in [2.75, 3.05) is 11.1 Å². The van der Waals surface area contributed by atoms with Crippen LogP contribution in [0.25, 0.3) is 15.9 Å². The maximum atomic E-state index is 13.2. The molecule has 0 unspecified atom stereocenters. The van der Waals surface area contributed by atoms with E-state index in [0.717, 1.165) is 17.8 Å². The highest BCUT2D eigenvalue weighted by Crippen LogP contribution is 2.35. The minimum atomic E-state index is -4.62. The van der Waals surface area contributed by atoms with E-state index in [1.54, 1.807) is 29.6 Å². The quantitative estimate of drug-likeness (QED) is 0.236. The van der Waals surface area contributed by atoms with Crippen molar-refractivity contribution in [1.82, 2.24) is 9.55 Å². The van der Waals surface area contributed by atoms with Crippen LogP contribution >= 0.6 is 46.3 Å². The van der Waals surface area contributed by atoms with Crippen LogP contribution in [0.2, 0.25) is 10.0 Å². The number of halogens is 5. The number of carbonyl (C=O) groups excluding carboxylic acids is 1. The van der Waals surface area contributed by atoms with Gasteiger partial charge in [0.2, 0.25) is 5.91 Å². The molecule has 170 valence electrons. The molecule has 0 aliphatic rings. The third-order valence-electron chi connectivity index (χ3n) is 4.46. The van der Waals surface area contributed by atoms with Crippen molar-refractivity contribution in [2.24, 2.45) is 0 Å². The Kier molecular flexibility index (Phi) is 6.71. The van der Waals surface area contributed by atoms with Gasteiger partial charge in [-0.1, -0.05) is 53.2 Å². The Morgan fingerprint density at radius 2 is 1.88 bits per heavy atom. The fourth-order valence-corrected chi connectivity index (χ4v) is 4.97. The molecular weight excluding hydrogens is 518 g/mol. The highest BCUT2D eigenvalue weighted by Gasteiger charge is 2.33. The topological polar surface area (TPSA) is 64.0 Å². The van der Waals surface area contributed by atoms with Crippen LogP contribution in [0, 0.1) is 0 Å². The molecule has 0 bridgehead atoms. The van der Waals surface area contributed by atoms with E-state index in [1.807, 2.05) is 0 Å². The van der Waals surface area contributed by atoms with Gasteiger partial charge in [-0.2, -0.15) is 13.2 Å². The van der Waals surface area contributed by atoms with Gasteiger partial charge in [0.25, 0.3) is 5.56 Å². The van der Waals surface area contributed by atoms with Gasteiger partial charge in [-0.15, -0.1) is 11.3 Å². The second-order valence-corrected chi connectivity index (χ2v) is 9.27. The van der Waals surface area contributed by atoms with E-state index in [0.29, 0.717) is 10.2 Å². The summed E-state index contributed by atoms with van der Waals surface area (Å²) in [6.07, 6.45) is -4.62. The molecule has 0 spiro atoms. The summed E-state index contributed by atoms with van der Waals surface area (Å²) in [5.74, 6) is -0.993. The van der Waals surface area contributed by atoms with Gasteiger partial charge in [-0.05, 0) is 35.7 Å². The third-order valence-corrected chi connectivity index (χ3v) is 7.10. The lowest BCUT2D eigenvalue weighted by atomic mass is 10.1. The number of amides is 1. The number of nitrogens with one attached hydrogen (secondary N) is 1. The zero-order valence-corrected chi connectivity index (χ0v) is 19.5. The molecule has 2 heterocycles. The fraction of sp³-hybridized carbons (Fsp3) is 0.0952. The number of hydrogen-bond donors (Lipinski definition) is 1. The van der Waals surface area contributed by atoms with Crippen LogP contribution in [0.5, 0.6) is 0 Å². The fourth-order valence-electron chi connectivity index (χ4n) is 3.02. The van der Waals surface area contributed by atoms with E-state index in [4.69, 9.17) is 23.2 Å². The minimum Gasteiger partial charge on any atom is -0.325 e. The van der Waals surface area contributed by atoms with E-state index in [-0.39, 0.29) is 32.3 Å². The number of aromatic nitrogens is 2. The van der Waals surface area contributed by atoms with Gasteiger partial charge in [-0.25, -0.2) is 4.98 Å². The van der Waals surface area contributed by atoms with E-state index in [9.17, 15) is 22.8 Å². The summed E-state index contributed by atoms with van der Waals surface area (Å²) in [5, 5.41) is 4.48. The SMILES string of the molecule is O=C(CSc1nc2ccsc2c(=O)n1-c1cccc(Cl)c1Cl)Nc1ccccc1C(F)(F)F. The lowest BCUT2D eigenvalue weighted by Crippen LogP contribution is -2.23. The number of thioether (sulfide) groups is 1. The Balaban J connectivity index is 1.67. The summed E-state index contributed by atoms with van der Waals surface area (Å²) < 4.78 is 41.2. The second kappa shape index (κ2) is 9.38. The zero-order chi connectivity index (χ0) is 23.8. The van der Waals surface area contributed by atoms with Crippen molar-refractivity contribution in [3.63, 3.8) is 0 Å². The maximum Gasteiger partial charge on any atom is 0.418 e. The Morgan fingerprint density at radius 3 is 2.64 bits per heavy atom. The van der Waals surface area contributed by atoms with Crippen LogP contribution < -0.4 is 10.9 Å². The van der Waals surface area contributed by atoms with Gasteiger partial charge >= 0.3 is 6.18 Å². The van der Waals surface area contributed by atoms with Crippen molar-refractivity contribution in [2.45, 2.75) is 11.3 Å². The number of hydrogen-bond acceptors (Lipinski definition) is 5. The Bertz CT molecular complexity index is 1420. The Labute approximate surface area is 203 Å². The zero-order valence-electron chi connectivity index (χ0n) is 16.3. The molecule has 4 rings (SSSR count). The summed E-state index contributed by atoms with van der Waals surface area (Å²) >= 11 is 14.5. The van der Waals surface area contributed by atoms with Crippen LogP contribution in [0.3, 0.4) is 0 Å². The number of nitrogens with zero attached hydrogens (tertiary/aromatic N) is 2. The van der Waals surface area contributed by atoms with Gasteiger partial charge in [0.1, 0.15) is 4.70 Å². The first-order chi connectivity index (χ1) is 15.7. The maximum absolute atomic E-state index is 13.2. The van der Waals surface area contributed by atoms with E-state index in [1.165, 1.54) is 34.1 Å². The summed E-state index contributed by atoms with van der Waals surface area (Å²) in [6.45, 7) is 0. The lowest BCUT2D eigenvalue weighted by Gasteiger charge is -2.15. The first-order valence-electron chi connectivity index (χ1n) is 9.20. The monoisotopic (exact) mass is 529 g/mol. The number of alkyl halides is 3. The molecule has 2 aromatic heterocycles. The van der Waals surface area contributed by atoms with Gasteiger partial charge < -0.3 is 5.32 Å². The second-order valence-electron chi connectivity index (χ2n) is 6.62. The number of carbonyl (C=O) groups is 1. The molecule has 5 nitrogen and oxygen atoms in total. The van der Waals surface area contributed by atoms with Crippen molar-refractivity contribution in [3.05, 3.63) is 79.9 Å². The number of fused-ring (bicyclic) bond motifs is 1. The van der Waals surface area contributed by atoms with Crippen molar-refractivity contribution >= 4 is 68.1 Å². The molecule has 0 saturated heterocycles. The molecule has 0 aliphatic heterocycles. The van der Waals surface area contributed by atoms with Gasteiger partial charge in [-0.3, -0.25) is 14.2 Å². The van der Waals surface area contributed by atoms with Crippen LogP contribution in [0.4, 0.5) is 18.9 Å². The third kappa shape index (κ3) is 4.89. The van der Waals surface area contributed by atoms with Crippen LogP contribution in [-0.4, -0.2) is 21.2 Å². The molecule has 12 heteroatoms. The number of anilines is 1. The summed E-state index contributed by atoms with van der Waals surface area (Å²) in [6, 6.07) is 11.1. The molecule has 0 aliphatic carbocycles. The number of rotatable bonds is 5. The highest BCUT2D eigenvalue weighted by atomic mass is 35.5. The van der Waals surface area contributed by atoms with Crippen molar-refractivity contribution < 1.29 is 18.0 Å². The average molecular weight is 530 g/mol. The number of thiophene rings is 1. The van der Waals surface area contributed by atoms with Crippen LogP contribution in [-0.2, 0) is 11.0 Å². The van der Waals surface area contributed by atoms with Gasteiger partial charge in [0.05, 0.1) is 38.3 Å². The Morgan fingerprint density at radius 1 is 1.12 bits per heavy atom. The first-order valence-corrected chi connectivity index (χ1v) is 11.8. The molecule has 4 aromatic rings. The largest absolute Gasteiger partial charge is 0.418 e. The van der Waals surface area contributed by atoms with Crippen molar-refractivity contribution in [3.8, 4) is 5.69 Å². The molecule has 33 heavy (non-hydrogen) atoms. The highest BCUT2D eigenvalue weighted by molar-refractivity contribution is 7.99. The molecular formula is C21H12Cl2F3N3O2S2. The van der Waals surface area contributed by atoms with E-state index >= 15 is 0 Å². The van der Waals surface area contributed by atoms with E-state index < -0.39 is 23.2 Å². The lowest BCUT2D eigenvalue weighted by molar-refractivity contribution is -0.137. The molecule has 1 N–H and O–H groups in total. The smallest absolute Gasteiger partial charge is 0.325 e. The van der Waals surface area contributed by atoms with E-state index in [2.05, 4.69) is 10.3 Å². The predicted molar refractivity (Wildman–Crippen MR) is 126 cm³/mol. The molecule has 0 atom stereocenters. The minimum absolute atomic E-state index is 0.129. The molecule has 0 radical (unpaired) electrons. The molecule has 0 saturated carbocycles. The molecule has 1 amide bonds. The van der Waals surface area contributed by atoms with Gasteiger partial charge in [0, 0.05) is 0 Å². The predicted octanol–water partition coefficient (Wildman–Crippen LogP) is 6.50. The number of benzene rings is 2. The standard InChI is InChI=1S/C21H12Cl2F3N3O2S2/c22-12-5-3-7-15(17(12)23)29-19(31)18-14(8-9-32-18)28-20(29)33-10-16(30)27-13-6-2-1-4-11(13)21(24,25)26/h1-9H,10H2,(H,27,30). The summed E-state index contributed by atoms with van der Waals surface area (Å²) in [7, 11) is 0. The number of para-hydroxylation sites is 1. The summed E-state index contributed by atoms with van der Waals surface area (Å²) in [4.78, 5) is 30.1. The molecule has 0 fully saturated rings. The molecule has 2 aromatic carbocycles. The first kappa shape index (κ1) is 23.6. The average Bonchev–Trinajstić information content (AvgIpc) is 3.23. The normalized spacial score (nSPS) is 11.7. The summed E-state index contributed by atoms with van der Waals surface area (Å²) in [5.41, 5.74) is -0.993.